The van der Waals surface area contributed by atoms with Crippen molar-refractivity contribution >= 4 is 23.2 Å². The zero-order valence-corrected chi connectivity index (χ0v) is 19.4. The standard InChI is InChI=1S/C27H31N3O3/c1-4-30(24-8-6-5-7-9-24)27(32)22-12-14-23(15-13-22)29-26(31)19-28-18-21-10-16-25(17-11-21)33-20(2)3/h5-17,20,28H,4,18-19H2,1-3H3,(H,29,31). The molecule has 0 bridgehead atoms. The minimum atomic E-state index is -0.145. The van der Waals surface area contributed by atoms with Gasteiger partial charge in [0.05, 0.1) is 12.6 Å². The molecule has 0 unspecified atom stereocenters. The van der Waals surface area contributed by atoms with Crippen molar-refractivity contribution in [3.63, 3.8) is 0 Å². The van der Waals surface area contributed by atoms with E-state index in [4.69, 9.17) is 4.74 Å². The summed E-state index contributed by atoms with van der Waals surface area (Å²) in [5, 5.41) is 5.99. The summed E-state index contributed by atoms with van der Waals surface area (Å²) < 4.78 is 5.63. The molecule has 0 saturated heterocycles. The fourth-order valence-electron chi connectivity index (χ4n) is 3.39. The van der Waals surface area contributed by atoms with E-state index in [-0.39, 0.29) is 24.5 Å². The van der Waals surface area contributed by atoms with Gasteiger partial charge in [-0.25, -0.2) is 0 Å². The number of amides is 2. The lowest BCUT2D eigenvalue weighted by molar-refractivity contribution is -0.115. The minimum absolute atomic E-state index is 0.0759. The second kappa shape index (κ2) is 11.8. The number of ether oxygens (including phenoxy) is 1. The van der Waals surface area contributed by atoms with Crippen LogP contribution in [0.3, 0.4) is 0 Å². The van der Waals surface area contributed by atoms with E-state index in [2.05, 4.69) is 10.6 Å². The zero-order valence-electron chi connectivity index (χ0n) is 19.4. The first-order valence-electron chi connectivity index (χ1n) is 11.2. The molecule has 3 rings (SSSR count). The number of rotatable bonds is 10. The van der Waals surface area contributed by atoms with Crippen LogP contribution in [0.15, 0.2) is 78.9 Å². The molecular formula is C27H31N3O3. The lowest BCUT2D eigenvalue weighted by Crippen LogP contribution is -2.30. The fourth-order valence-corrected chi connectivity index (χ4v) is 3.39. The summed E-state index contributed by atoms with van der Waals surface area (Å²) in [4.78, 5) is 26.9. The number of carbonyl (C=O) groups is 2. The van der Waals surface area contributed by atoms with E-state index in [9.17, 15) is 9.59 Å². The van der Waals surface area contributed by atoms with Crippen molar-refractivity contribution in [3.05, 3.63) is 90.0 Å². The predicted octanol–water partition coefficient (Wildman–Crippen LogP) is 4.87. The molecule has 0 aliphatic rings. The van der Waals surface area contributed by atoms with Crippen LogP contribution >= 0.6 is 0 Å². The van der Waals surface area contributed by atoms with Gasteiger partial charge in [-0.1, -0.05) is 30.3 Å². The molecule has 172 valence electrons. The van der Waals surface area contributed by atoms with E-state index < -0.39 is 0 Å². The summed E-state index contributed by atoms with van der Waals surface area (Å²) in [5.74, 6) is 0.612. The van der Waals surface area contributed by atoms with Gasteiger partial charge in [-0.05, 0) is 74.9 Å². The van der Waals surface area contributed by atoms with Crippen molar-refractivity contribution in [2.24, 2.45) is 0 Å². The third kappa shape index (κ3) is 7.19. The Balaban J connectivity index is 1.48. The first-order chi connectivity index (χ1) is 16.0. The third-order valence-electron chi connectivity index (χ3n) is 4.95. The monoisotopic (exact) mass is 445 g/mol. The van der Waals surface area contributed by atoms with E-state index in [1.165, 1.54) is 0 Å². The molecule has 0 aliphatic carbocycles. The maximum absolute atomic E-state index is 12.9. The average Bonchev–Trinajstić information content (AvgIpc) is 2.81. The average molecular weight is 446 g/mol. The van der Waals surface area contributed by atoms with Crippen molar-refractivity contribution in [3.8, 4) is 5.75 Å². The Labute approximate surface area is 195 Å². The van der Waals surface area contributed by atoms with Gasteiger partial charge in [0.2, 0.25) is 5.91 Å². The molecule has 2 amide bonds. The number of nitrogens with zero attached hydrogens (tertiary/aromatic N) is 1. The molecule has 0 radical (unpaired) electrons. The molecule has 6 heteroatoms. The van der Waals surface area contributed by atoms with Crippen LogP contribution in [0, 0.1) is 0 Å². The Morgan fingerprint density at radius 1 is 0.909 bits per heavy atom. The third-order valence-corrected chi connectivity index (χ3v) is 4.95. The Bertz CT molecular complexity index is 1030. The number of para-hydroxylation sites is 1. The highest BCUT2D eigenvalue weighted by Crippen LogP contribution is 2.18. The number of hydrogen-bond acceptors (Lipinski definition) is 4. The molecule has 0 aromatic heterocycles. The lowest BCUT2D eigenvalue weighted by atomic mass is 10.1. The van der Waals surface area contributed by atoms with Crippen LogP contribution in [0.5, 0.6) is 5.75 Å². The predicted molar refractivity (Wildman–Crippen MR) is 133 cm³/mol. The van der Waals surface area contributed by atoms with Gasteiger partial charge in [-0.15, -0.1) is 0 Å². The summed E-state index contributed by atoms with van der Waals surface area (Å²) in [6.07, 6.45) is 0.138. The molecule has 0 fully saturated rings. The minimum Gasteiger partial charge on any atom is -0.491 e. The van der Waals surface area contributed by atoms with E-state index in [0.717, 1.165) is 17.0 Å². The maximum Gasteiger partial charge on any atom is 0.258 e. The molecule has 3 aromatic carbocycles. The Morgan fingerprint density at radius 2 is 1.58 bits per heavy atom. The fraction of sp³-hybridized carbons (Fsp3) is 0.259. The highest BCUT2D eigenvalue weighted by molar-refractivity contribution is 6.06. The van der Waals surface area contributed by atoms with Gasteiger partial charge in [-0.2, -0.15) is 0 Å². The maximum atomic E-state index is 12.9. The van der Waals surface area contributed by atoms with Gasteiger partial charge in [0, 0.05) is 30.0 Å². The number of hydrogen-bond donors (Lipinski definition) is 2. The van der Waals surface area contributed by atoms with E-state index >= 15 is 0 Å². The number of benzene rings is 3. The highest BCUT2D eigenvalue weighted by atomic mass is 16.5. The van der Waals surface area contributed by atoms with Crippen LogP contribution in [-0.2, 0) is 11.3 Å². The van der Waals surface area contributed by atoms with Crippen molar-refractivity contribution in [2.75, 3.05) is 23.3 Å². The molecule has 0 saturated carbocycles. The second-order valence-corrected chi connectivity index (χ2v) is 7.92. The number of anilines is 2. The van der Waals surface area contributed by atoms with E-state index in [0.29, 0.717) is 24.3 Å². The summed E-state index contributed by atoms with van der Waals surface area (Å²) in [6.45, 7) is 7.26. The molecule has 0 heterocycles. The molecule has 3 aromatic rings. The number of nitrogens with one attached hydrogen (secondary N) is 2. The lowest BCUT2D eigenvalue weighted by Gasteiger charge is -2.21. The second-order valence-electron chi connectivity index (χ2n) is 7.92. The molecule has 0 atom stereocenters. The highest BCUT2D eigenvalue weighted by Gasteiger charge is 2.15. The van der Waals surface area contributed by atoms with Crippen LogP contribution < -0.4 is 20.3 Å². The van der Waals surface area contributed by atoms with Crippen molar-refractivity contribution in [2.45, 2.75) is 33.4 Å². The molecule has 0 spiro atoms. The number of carbonyl (C=O) groups excluding carboxylic acids is 2. The Hall–Kier alpha value is -3.64. The SMILES string of the molecule is CCN(C(=O)c1ccc(NC(=O)CNCc2ccc(OC(C)C)cc2)cc1)c1ccccc1. The molecule has 2 N–H and O–H groups in total. The van der Waals surface area contributed by atoms with Crippen molar-refractivity contribution < 1.29 is 14.3 Å². The quantitative estimate of drug-likeness (QED) is 0.467. The van der Waals surface area contributed by atoms with Gasteiger partial charge in [-0.3, -0.25) is 9.59 Å². The molecule has 6 nitrogen and oxygen atoms in total. The van der Waals surface area contributed by atoms with Gasteiger partial charge in [0.25, 0.3) is 5.91 Å². The summed E-state index contributed by atoms with van der Waals surface area (Å²) in [7, 11) is 0. The topological polar surface area (TPSA) is 70.7 Å². The summed E-state index contributed by atoms with van der Waals surface area (Å²) in [5.41, 5.74) is 3.15. The Kier molecular flexibility index (Phi) is 8.61. The zero-order chi connectivity index (χ0) is 23.6. The van der Waals surface area contributed by atoms with Crippen LogP contribution in [0.2, 0.25) is 0 Å². The Morgan fingerprint density at radius 3 is 2.18 bits per heavy atom. The van der Waals surface area contributed by atoms with Gasteiger partial charge >= 0.3 is 0 Å². The molecule has 33 heavy (non-hydrogen) atoms. The van der Waals surface area contributed by atoms with Gasteiger partial charge in [0.1, 0.15) is 5.75 Å². The smallest absolute Gasteiger partial charge is 0.258 e. The normalized spacial score (nSPS) is 10.7. The van der Waals surface area contributed by atoms with Crippen LogP contribution in [0.25, 0.3) is 0 Å². The van der Waals surface area contributed by atoms with Crippen LogP contribution in [0.1, 0.15) is 36.7 Å². The van der Waals surface area contributed by atoms with Crippen LogP contribution in [-0.4, -0.2) is 31.0 Å². The van der Waals surface area contributed by atoms with E-state index in [1.807, 2.05) is 75.4 Å². The summed E-state index contributed by atoms with van der Waals surface area (Å²) in [6, 6.07) is 24.3. The molecular weight excluding hydrogens is 414 g/mol. The largest absolute Gasteiger partial charge is 0.491 e. The summed E-state index contributed by atoms with van der Waals surface area (Å²) >= 11 is 0. The van der Waals surface area contributed by atoms with Crippen molar-refractivity contribution in [1.82, 2.24) is 5.32 Å². The first kappa shape index (κ1) is 24.0. The van der Waals surface area contributed by atoms with Gasteiger partial charge in [0.15, 0.2) is 0 Å². The molecule has 0 aliphatic heterocycles. The van der Waals surface area contributed by atoms with Crippen molar-refractivity contribution in [1.29, 1.82) is 0 Å². The van der Waals surface area contributed by atoms with Crippen LogP contribution in [0.4, 0.5) is 11.4 Å². The van der Waals surface area contributed by atoms with Gasteiger partial charge < -0.3 is 20.3 Å². The first-order valence-corrected chi connectivity index (χ1v) is 11.2. The van der Waals surface area contributed by atoms with E-state index in [1.54, 1.807) is 29.2 Å².